The van der Waals surface area contributed by atoms with E-state index in [1.54, 1.807) is 45.3 Å². The maximum Gasteiger partial charge on any atom is 0.163 e. The zero-order valence-electron chi connectivity index (χ0n) is 15.0. The molecule has 1 aromatic carbocycles. The molecule has 0 saturated carbocycles. The van der Waals surface area contributed by atoms with Gasteiger partial charge in [-0.15, -0.1) is 45.3 Å². The van der Waals surface area contributed by atoms with Gasteiger partial charge in [0.05, 0.1) is 15.1 Å². The maximum atomic E-state index is 11.9. The number of para-hydroxylation sites is 1. The van der Waals surface area contributed by atoms with Crippen molar-refractivity contribution >= 4 is 61.3 Å². The summed E-state index contributed by atoms with van der Waals surface area (Å²) in [6.45, 7) is 1.91. The Kier molecular flexibility index (Phi) is 4.72. The van der Waals surface area contributed by atoms with Crippen LogP contribution >= 0.6 is 45.3 Å². The van der Waals surface area contributed by atoms with Gasteiger partial charge in [-0.05, 0) is 42.5 Å². The lowest BCUT2D eigenvalue weighted by Crippen LogP contribution is -1.92. The number of carbonyl (C=O) groups excluding carboxylic acids is 1. The van der Waals surface area contributed by atoms with Crippen LogP contribution in [0.4, 0.5) is 0 Å². The van der Waals surface area contributed by atoms with Crippen LogP contribution in [0.3, 0.4) is 0 Å². The fraction of sp³-hybridized carbons (Fsp3) is 0.0909. The Bertz CT molecular complexity index is 1250. The highest BCUT2D eigenvalue weighted by atomic mass is 32.1. The summed E-state index contributed by atoms with van der Waals surface area (Å²) >= 11 is 6.95. The summed E-state index contributed by atoms with van der Waals surface area (Å²) < 4.78 is 1.22. The number of fused-ring (bicyclic) bond motifs is 1. The van der Waals surface area contributed by atoms with Crippen LogP contribution in [0.1, 0.15) is 23.7 Å². The number of aromatic nitrogens is 1. The summed E-state index contributed by atoms with van der Waals surface area (Å²) in [5, 5.41) is 3.05. The van der Waals surface area contributed by atoms with E-state index in [-0.39, 0.29) is 5.78 Å². The van der Waals surface area contributed by atoms with Gasteiger partial charge in [-0.3, -0.25) is 4.79 Å². The standard InChI is InChI=1S/C22H15NOS4/c1-2-15(24)13-11-21(25-12-13)19-8-7-17(26-19)18-9-10-20(27-18)22-23-14-5-3-4-6-16(14)28-22/h3-12H,2H2,1H3. The van der Waals surface area contributed by atoms with E-state index in [4.69, 9.17) is 4.98 Å². The molecule has 0 aliphatic carbocycles. The van der Waals surface area contributed by atoms with Crippen molar-refractivity contribution in [1.29, 1.82) is 0 Å². The van der Waals surface area contributed by atoms with E-state index in [9.17, 15) is 4.79 Å². The van der Waals surface area contributed by atoms with Crippen molar-refractivity contribution in [3.8, 4) is 29.4 Å². The number of ketones is 1. The molecule has 4 heterocycles. The minimum absolute atomic E-state index is 0.206. The van der Waals surface area contributed by atoms with E-state index in [0.29, 0.717) is 6.42 Å². The van der Waals surface area contributed by atoms with Gasteiger partial charge in [0.25, 0.3) is 0 Å². The topological polar surface area (TPSA) is 30.0 Å². The second-order valence-corrected chi connectivity index (χ2v) is 10.4. The fourth-order valence-corrected chi connectivity index (χ4v) is 7.12. The van der Waals surface area contributed by atoms with Crippen molar-refractivity contribution < 1.29 is 4.79 Å². The van der Waals surface area contributed by atoms with Gasteiger partial charge in [-0.1, -0.05) is 19.1 Å². The Labute approximate surface area is 178 Å². The fourth-order valence-electron chi connectivity index (χ4n) is 2.98. The quantitative estimate of drug-likeness (QED) is 0.260. The second kappa shape index (κ2) is 7.37. The highest BCUT2D eigenvalue weighted by Crippen LogP contribution is 2.42. The number of hydrogen-bond acceptors (Lipinski definition) is 6. The Morgan fingerprint density at radius 1 is 0.857 bits per heavy atom. The van der Waals surface area contributed by atoms with Crippen molar-refractivity contribution in [2.45, 2.75) is 13.3 Å². The largest absolute Gasteiger partial charge is 0.294 e. The first kappa shape index (κ1) is 17.9. The Hall–Kier alpha value is -2.12. The average Bonchev–Trinajstić information content (AvgIpc) is 3.51. The zero-order valence-corrected chi connectivity index (χ0v) is 18.2. The Balaban J connectivity index is 1.43. The van der Waals surface area contributed by atoms with Crippen LogP contribution in [0.5, 0.6) is 0 Å². The highest BCUT2D eigenvalue weighted by molar-refractivity contribution is 7.29. The summed E-state index contributed by atoms with van der Waals surface area (Å²) in [6, 6.07) is 19.0. The van der Waals surface area contributed by atoms with Crippen LogP contribution in [0.25, 0.3) is 39.6 Å². The number of thiophene rings is 3. The van der Waals surface area contributed by atoms with Crippen molar-refractivity contribution in [2.24, 2.45) is 0 Å². The number of thiazole rings is 1. The third-order valence-corrected chi connectivity index (χ3v) is 9.14. The molecule has 0 unspecified atom stereocenters. The molecule has 0 aliphatic heterocycles. The summed E-state index contributed by atoms with van der Waals surface area (Å²) in [5.74, 6) is 0.206. The molecule has 5 aromatic rings. The predicted octanol–water partition coefficient (Wildman–Crippen LogP) is 8.07. The SMILES string of the molecule is CCC(=O)c1csc(-c2ccc(-c3ccc(-c4nc5ccccc5s4)s3)s2)c1. The normalized spacial score (nSPS) is 11.3. The molecular weight excluding hydrogens is 423 g/mol. The summed E-state index contributed by atoms with van der Waals surface area (Å²) in [4.78, 5) is 22.8. The zero-order chi connectivity index (χ0) is 19.1. The minimum Gasteiger partial charge on any atom is -0.294 e. The Morgan fingerprint density at radius 2 is 1.54 bits per heavy atom. The number of hydrogen-bond donors (Lipinski definition) is 0. The molecule has 138 valence electrons. The number of Topliss-reactive ketones (excluding diaryl/α,β-unsaturated/α-hetero) is 1. The van der Waals surface area contributed by atoms with Gasteiger partial charge in [0.1, 0.15) is 5.01 Å². The first-order chi connectivity index (χ1) is 13.7. The molecule has 0 bridgehead atoms. The molecule has 0 radical (unpaired) electrons. The summed E-state index contributed by atoms with van der Waals surface area (Å²) in [6.07, 6.45) is 0.551. The van der Waals surface area contributed by atoms with Gasteiger partial charge in [-0.25, -0.2) is 4.98 Å². The van der Waals surface area contributed by atoms with Gasteiger partial charge in [0.15, 0.2) is 5.78 Å². The lowest BCUT2D eigenvalue weighted by Gasteiger charge is -1.92. The number of carbonyl (C=O) groups is 1. The smallest absolute Gasteiger partial charge is 0.163 e. The van der Waals surface area contributed by atoms with Gasteiger partial charge in [0, 0.05) is 36.9 Å². The summed E-state index contributed by atoms with van der Waals surface area (Å²) in [7, 11) is 0. The van der Waals surface area contributed by atoms with Crippen molar-refractivity contribution in [1.82, 2.24) is 4.98 Å². The number of benzene rings is 1. The highest BCUT2D eigenvalue weighted by Gasteiger charge is 2.13. The lowest BCUT2D eigenvalue weighted by atomic mass is 10.1. The summed E-state index contributed by atoms with van der Waals surface area (Å²) in [5.41, 5.74) is 1.89. The minimum atomic E-state index is 0.206. The molecule has 0 atom stereocenters. The molecule has 4 aromatic heterocycles. The van der Waals surface area contributed by atoms with Gasteiger partial charge >= 0.3 is 0 Å². The van der Waals surface area contributed by atoms with Gasteiger partial charge in [0.2, 0.25) is 0 Å². The van der Waals surface area contributed by atoms with E-state index in [1.165, 1.54) is 24.2 Å². The molecule has 5 rings (SSSR count). The molecular formula is C22H15NOS4. The van der Waals surface area contributed by atoms with Crippen LogP contribution in [0.2, 0.25) is 0 Å². The third kappa shape index (κ3) is 3.26. The maximum absolute atomic E-state index is 11.9. The van der Waals surface area contributed by atoms with Crippen molar-refractivity contribution in [2.75, 3.05) is 0 Å². The lowest BCUT2D eigenvalue weighted by molar-refractivity contribution is 0.0988. The molecule has 0 saturated heterocycles. The first-order valence-corrected chi connectivity index (χ1v) is 12.2. The molecule has 0 aliphatic rings. The van der Waals surface area contributed by atoms with Gasteiger partial charge in [-0.2, -0.15) is 0 Å². The monoisotopic (exact) mass is 437 g/mol. The van der Waals surface area contributed by atoms with E-state index < -0.39 is 0 Å². The molecule has 6 heteroatoms. The van der Waals surface area contributed by atoms with Crippen LogP contribution in [-0.2, 0) is 0 Å². The molecule has 0 spiro atoms. The number of rotatable bonds is 5. The van der Waals surface area contributed by atoms with Crippen LogP contribution < -0.4 is 0 Å². The molecule has 28 heavy (non-hydrogen) atoms. The van der Waals surface area contributed by atoms with Crippen molar-refractivity contribution in [3.63, 3.8) is 0 Å². The predicted molar refractivity (Wildman–Crippen MR) is 124 cm³/mol. The average molecular weight is 438 g/mol. The molecule has 0 N–H and O–H groups in total. The van der Waals surface area contributed by atoms with E-state index in [1.807, 2.05) is 24.4 Å². The van der Waals surface area contributed by atoms with E-state index in [0.717, 1.165) is 21.0 Å². The molecule has 2 nitrogen and oxygen atoms in total. The van der Waals surface area contributed by atoms with Crippen molar-refractivity contribution in [3.05, 3.63) is 65.5 Å². The van der Waals surface area contributed by atoms with Crippen LogP contribution in [0.15, 0.2) is 60.0 Å². The first-order valence-electron chi connectivity index (χ1n) is 8.89. The van der Waals surface area contributed by atoms with Crippen LogP contribution in [0, 0.1) is 0 Å². The van der Waals surface area contributed by atoms with Gasteiger partial charge < -0.3 is 0 Å². The molecule has 0 amide bonds. The van der Waals surface area contributed by atoms with E-state index in [2.05, 4.69) is 42.5 Å². The second-order valence-electron chi connectivity index (χ2n) is 6.29. The van der Waals surface area contributed by atoms with Crippen LogP contribution in [-0.4, -0.2) is 10.8 Å². The Morgan fingerprint density at radius 3 is 2.29 bits per heavy atom. The number of nitrogens with zero attached hydrogens (tertiary/aromatic N) is 1. The van der Waals surface area contributed by atoms with E-state index >= 15 is 0 Å². The third-order valence-electron chi connectivity index (χ3n) is 4.44. The molecule has 0 fully saturated rings.